The summed E-state index contributed by atoms with van der Waals surface area (Å²) < 4.78 is 57.7. The van der Waals surface area contributed by atoms with E-state index in [9.17, 15) is 32.1 Å². The van der Waals surface area contributed by atoms with Gasteiger partial charge in [0, 0.05) is 18.8 Å². The summed E-state index contributed by atoms with van der Waals surface area (Å²) in [6.07, 6.45) is 0.0576. The van der Waals surface area contributed by atoms with Crippen LogP contribution in [0.25, 0.3) is 0 Å². The molecule has 0 aliphatic rings. The molecule has 4 aromatic rings. The van der Waals surface area contributed by atoms with Gasteiger partial charge in [0.2, 0.25) is 0 Å². The molecule has 0 amide bonds. The fraction of sp³-hybridized carbons (Fsp3) is 0.172. The Kier molecular flexibility index (Phi) is 10.1. The highest BCUT2D eigenvalue weighted by Gasteiger charge is 2.34. The lowest BCUT2D eigenvalue weighted by Gasteiger charge is -2.18. The third kappa shape index (κ3) is 7.62. The Labute approximate surface area is 254 Å². The van der Waals surface area contributed by atoms with E-state index in [-0.39, 0.29) is 20.9 Å². The van der Waals surface area contributed by atoms with Crippen LogP contribution in [0.1, 0.15) is 13.3 Å². The van der Waals surface area contributed by atoms with Crippen LogP contribution in [-0.2, 0) is 20.0 Å². The van der Waals surface area contributed by atoms with Gasteiger partial charge in [0.1, 0.15) is 18.0 Å². The average Bonchev–Trinajstić information content (AvgIpc) is 3.03. The van der Waals surface area contributed by atoms with E-state index in [2.05, 4.69) is 15.5 Å². The number of azo groups is 1. The van der Waals surface area contributed by atoms with Crippen molar-refractivity contribution in [3.8, 4) is 5.75 Å². The lowest BCUT2D eigenvalue weighted by molar-refractivity contribution is -0.384. The van der Waals surface area contributed by atoms with Gasteiger partial charge in [0.05, 0.1) is 32.2 Å². The van der Waals surface area contributed by atoms with Crippen molar-refractivity contribution in [1.29, 1.82) is 0 Å². The SMILES string of the molecule is CCC(O)COc1ccc(N=Nc2ccc(Nc3ccc(S(=O)(=O)N(C)S(=O)(=O)c4ccccc4)cc3[N+](=O)[O-])cc2)cc1. The van der Waals surface area contributed by atoms with Crippen LogP contribution in [0.5, 0.6) is 5.75 Å². The standard InChI is InChI=1S/C29H29N5O8S2/c1-3-24(35)20-42-25-15-13-23(14-16-25)32-31-22-11-9-21(10-12-22)30-28-18-17-27(19-29(28)34(36)37)44(40,41)33(2)43(38,39)26-7-5-4-6-8-26/h4-19,24,30,35H,3,20H2,1-2H3. The molecule has 0 saturated heterocycles. The Balaban J connectivity index is 1.47. The molecule has 0 aliphatic carbocycles. The highest BCUT2D eigenvalue weighted by atomic mass is 32.3. The van der Waals surface area contributed by atoms with E-state index in [1.807, 2.05) is 6.92 Å². The molecule has 1 unspecified atom stereocenters. The number of hydrogen-bond donors (Lipinski definition) is 2. The summed E-state index contributed by atoms with van der Waals surface area (Å²) in [7, 11) is -8.23. The molecule has 0 spiro atoms. The van der Waals surface area contributed by atoms with Crippen LogP contribution >= 0.6 is 0 Å². The first-order chi connectivity index (χ1) is 20.9. The minimum Gasteiger partial charge on any atom is -0.491 e. The molecule has 13 nitrogen and oxygen atoms in total. The van der Waals surface area contributed by atoms with Gasteiger partial charge in [-0.3, -0.25) is 10.1 Å². The van der Waals surface area contributed by atoms with Crippen LogP contribution < -0.4 is 10.1 Å². The van der Waals surface area contributed by atoms with Gasteiger partial charge in [0.15, 0.2) is 0 Å². The number of nitrogens with one attached hydrogen (secondary N) is 1. The predicted molar refractivity (Wildman–Crippen MR) is 164 cm³/mol. The number of aliphatic hydroxyl groups excluding tert-OH is 1. The van der Waals surface area contributed by atoms with Crippen molar-refractivity contribution in [2.45, 2.75) is 29.2 Å². The van der Waals surface area contributed by atoms with Gasteiger partial charge in [-0.25, -0.2) is 16.8 Å². The van der Waals surface area contributed by atoms with E-state index in [1.165, 1.54) is 30.3 Å². The van der Waals surface area contributed by atoms with E-state index in [1.54, 1.807) is 54.6 Å². The Hall–Kier alpha value is -4.70. The number of aliphatic hydroxyl groups is 1. The molecule has 0 fully saturated rings. The van der Waals surface area contributed by atoms with E-state index in [0.717, 1.165) is 19.2 Å². The second kappa shape index (κ2) is 13.7. The van der Waals surface area contributed by atoms with Gasteiger partial charge < -0.3 is 15.2 Å². The summed E-state index contributed by atoms with van der Waals surface area (Å²) in [6.45, 7) is 2.06. The second-order valence-corrected chi connectivity index (χ2v) is 13.5. The van der Waals surface area contributed by atoms with Crippen molar-refractivity contribution in [2.24, 2.45) is 10.2 Å². The highest BCUT2D eigenvalue weighted by molar-refractivity contribution is 8.04. The first kappa shape index (κ1) is 32.2. The molecule has 230 valence electrons. The molecule has 4 rings (SSSR count). The lowest BCUT2D eigenvalue weighted by atomic mass is 10.2. The van der Waals surface area contributed by atoms with Crippen molar-refractivity contribution in [3.63, 3.8) is 0 Å². The summed E-state index contributed by atoms with van der Waals surface area (Å²) in [5.41, 5.74) is 0.939. The predicted octanol–water partition coefficient (Wildman–Crippen LogP) is 5.91. The van der Waals surface area contributed by atoms with Crippen molar-refractivity contribution >= 4 is 48.5 Å². The normalized spacial score (nSPS) is 12.7. The molecule has 0 saturated carbocycles. The first-order valence-corrected chi connectivity index (χ1v) is 16.1. The summed E-state index contributed by atoms with van der Waals surface area (Å²) in [4.78, 5) is 10.3. The third-order valence-corrected chi connectivity index (χ3v) is 10.6. The molecular weight excluding hydrogens is 610 g/mol. The molecule has 15 heteroatoms. The molecule has 4 aromatic carbocycles. The Morgan fingerprint density at radius 1 is 0.864 bits per heavy atom. The summed E-state index contributed by atoms with van der Waals surface area (Å²) in [6, 6.07) is 23.4. The zero-order valence-electron chi connectivity index (χ0n) is 23.6. The second-order valence-electron chi connectivity index (χ2n) is 9.38. The first-order valence-electron chi connectivity index (χ1n) is 13.2. The number of benzene rings is 4. The van der Waals surface area contributed by atoms with E-state index in [4.69, 9.17) is 4.74 Å². The van der Waals surface area contributed by atoms with Crippen molar-refractivity contribution < 1.29 is 31.6 Å². The molecule has 0 bridgehead atoms. The van der Waals surface area contributed by atoms with Gasteiger partial charge in [-0.15, -0.1) is 0 Å². The van der Waals surface area contributed by atoms with Crippen LogP contribution in [0.15, 0.2) is 117 Å². The molecule has 0 radical (unpaired) electrons. The smallest absolute Gasteiger partial charge is 0.294 e. The van der Waals surface area contributed by atoms with Gasteiger partial charge in [-0.05, 0) is 79.2 Å². The number of rotatable bonds is 13. The van der Waals surface area contributed by atoms with E-state index >= 15 is 0 Å². The number of sulfonamides is 2. The monoisotopic (exact) mass is 639 g/mol. The Bertz CT molecular complexity index is 1850. The molecule has 1 atom stereocenters. The molecule has 2 N–H and O–H groups in total. The van der Waals surface area contributed by atoms with Gasteiger partial charge in [-0.2, -0.15) is 10.2 Å². The fourth-order valence-electron chi connectivity index (χ4n) is 3.75. The van der Waals surface area contributed by atoms with Crippen LogP contribution in [0, 0.1) is 10.1 Å². The van der Waals surface area contributed by atoms with Gasteiger partial charge >= 0.3 is 0 Å². The summed E-state index contributed by atoms with van der Waals surface area (Å²) >= 11 is 0. The largest absolute Gasteiger partial charge is 0.491 e. The molecule has 44 heavy (non-hydrogen) atoms. The number of hydrogen-bond acceptors (Lipinski definition) is 11. The molecule has 0 aromatic heterocycles. The van der Waals surface area contributed by atoms with Crippen LogP contribution in [-0.4, -0.2) is 50.3 Å². The minimum atomic E-state index is -4.66. The van der Waals surface area contributed by atoms with Gasteiger partial charge in [0.25, 0.3) is 25.7 Å². The zero-order valence-corrected chi connectivity index (χ0v) is 25.3. The average molecular weight is 640 g/mol. The molecule has 0 heterocycles. The van der Waals surface area contributed by atoms with Gasteiger partial charge in [-0.1, -0.05) is 28.8 Å². The quantitative estimate of drug-likeness (QED) is 0.102. The van der Waals surface area contributed by atoms with Crippen molar-refractivity contribution in [1.82, 2.24) is 3.71 Å². The maximum atomic E-state index is 13.1. The van der Waals surface area contributed by atoms with Crippen molar-refractivity contribution in [3.05, 3.63) is 107 Å². The minimum absolute atomic E-state index is 0.00865. The topological polar surface area (TPSA) is 181 Å². The number of nitro benzene ring substituents is 1. The maximum absolute atomic E-state index is 13.1. The number of nitrogens with zero attached hydrogens (tertiary/aromatic N) is 4. The lowest BCUT2D eigenvalue weighted by Crippen LogP contribution is -2.33. The van der Waals surface area contributed by atoms with Crippen LogP contribution in [0.2, 0.25) is 0 Å². The van der Waals surface area contributed by atoms with E-state index in [0.29, 0.717) is 29.2 Å². The summed E-state index contributed by atoms with van der Waals surface area (Å²) in [5, 5.41) is 32.7. The zero-order chi connectivity index (χ0) is 31.9. The van der Waals surface area contributed by atoms with Crippen LogP contribution in [0.4, 0.5) is 28.4 Å². The highest BCUT2D eigenvalue weighted by Crippen LogP contribution is 2.33. The third-order valence-electron chi connectivity index (χ3n) is 6.36. The van der Waals surface area contributed by atoms with Crippen molar-refractivity contribution in [2.75, 3.05) is 19.0 Å². The van der Waals surface area contributed by atoms with Crippen LogP contribution in [0.3, 0.4) is 0 Å². The molecular formula is C29H29N5O8S2. The Morgan fingerprint density at radius 3 is 2.00 bits per heavy atom. The molecule has 0 aliphatic heterocycles. The number of nitro groups is 1. The van der Waals surface area contributed by atoms with E-state index < -0.39 is 41.7 Å². The Morgan fingerprint density at radius 2 is 1.43 bits per heavy atom. The maximum Gasteiger partial charge on any atom is 0.294 e. The summed E-state index contributed by atoms with van der Waals surface area (Å²) in [5.74, 6) is 0.593. The number of anilines is 2. The fourth-order valence-corrected chi connectivity index (χ4v) is 6.89. The number of ether oxygens (including phenoxy) is 1.